The fourth-order valence-corrected chi connectivity index (χ4v) is 2.04. The highest BCUT2D eigenvalue weighted by atomic mass is 16.2. The molecule has 0 aliphatic heterocycles. The van der Waals surface area contributed by atoms with Crippen molar-refractivity contribution >= 4 is 0 Å². The van der Waals surface area contributed by atoms with E-state index in [9.17, 15) is 0 Å². The Bertz CT molecular complexity index is 166. The highest BCUT2D eigenvalue weighted by Crippen LogP contribution is 2.28. The molecule has 0 aromatic heterocycles. The molecule has 0 heterocycles. The minimum Gasteiger partial charge on any atom is -0.400 e. The fourth-order valence-electron chi connectivity index (χ4n) is 2.04. The third-order valence-electron chi connectivity index (χ3n) is 3.28. The van der Waals surface area contributed by atoms with Gasteiger partial charge in [-0.15, -0.1) is 0 Å². The van der Waals surface area contributed by atoms with Crippen LogP contribution in [-0.4, -0.2) is 12.2 Å². The fraction of sp³-hybridized carbons (Fsp3) is 0.875. The maximum Gasteiger partial charge on any atom is 0.0319 e. The zero-order chi connectivity index (χ0) is 12.8. The van der Waals surface area contributed by atoms with E-state index in [2.05, 4.69) is 13.0 Å². The summed E-state index contributed by atoms with van der Waals surface area (Å²) in [5.41, 5.74) is 1.72. The van der Waals surface area contributed by atoms with Gasteiger partial charge >= 0.3 is 0 Å². The summed E-state index contributed by atoms with van der Waals surface area (Å²) >= 11 is 0. The molecule has 0 unspecified atom stereocenters. The van der Waals surface area contributed by atoms with Crippen LogP contribution in [-0.2, 0) is 0 Å². The molecule has 1 aliphatic carbocycles. The Labute approximate surface area is 108 Å². The lowest BCUT2D eigenvalue weighted by Crippen LogP contribution is -1.80. The Morgan fingerprint density at radius 2 is 1.29 bits per heavy atom. The van der Waals surface area contributed by atoms with Crippen molar-refractivity contribution < 1.29 is 5.11 Å². The van der Waals surface area contributed by atoms with Gasteiger partial charge in [-0.1, -0.05) is 69.9 Å². The molecule has 0 amide bonds. The van der Waals surface area contributed by atoms with Gasteiger partial charge in [-0.2, -0.15) is 0 Å². The van der Waals surface area contributed by atoms with Gasteiger partial charge in [0.1, 0.15) is 0 Å². The summed E-state index contributed by atoms with van der Waals surface area (Å²) in [5, 5.41) is 7.00. The SMILES string of the molecule is CCCCCCCCCCCC=C1CC1.CO. The number of hydrogen-bond donors (Lipinski definition) is 1. The summed E-state index contributed by atoms with van der Waals surface area (Å²) in [4.78, 5) is 0. The van der Waals surface area contributed by atoms with E-state index in [0.717, 1.165) is 7.11 Å². The Hall–Kier alpha value is -0.300. The number of rotatable bonds is 10. The van der Waals surface area contributed by atoms with Gasteiger partial charge in [0.05, 0.1) is 0 Å². The topological polar surface area (TPSA) is 20.2 Å². The Kier molecular flexibility index (Phi) is 13.5. The summed E-state index contributed by atoms with van der Waals surface area (Å²) < 4.78 is 0. The van der Waals surface area contributed by atoms with Crippen LogP contribution in [0.5, 0.6) is 0 Å². The smallest absolute Gasteiger partial charge is 0.0319 e. The van der Waals surface area contributed by atoms with Crippen LogP contribution in [0.15, 0.2) is 11.6 Å². The second-order valence-corrected chi connectivity index (χ2v) is 4.98. The molecule has 0 saturated heterocycles. The summed E-state index contributed by atoms with van der Waals surface area (Å²) in [6.07, 6.45) is 19.7. The van der Waals surface area contributed by atoms with E-state index >= 15 is 0 Å². The zero-order valence-corrected chi connectivity index (χ0v) is 12.0. The van der Waals surface area contributed by atoms with Crippen LogP contribution in [0.1, 0.15) is 84.0 Å². The Balaban J connectivity index is 0.00000121. The molecule has 1 nitrogen and oxygen atoms in total. The molecular weight excluding hydrogens is 208 g/mol. The predicted octanol–water partition coefficient (Wildman–Crippen LogP) is 5.24. The molecule has 102 valence electrons. The summed E-state index contributed by atoms with van der Waals surface area (Å²) in [7, 11) is 1.00. The van der Waals surface area contributed by atoms with Gasteiger partial charge in [0.2, 0.25) is 0 Å². The predicted molar refractivity (Wildman–Crippen MR) is 77.3 cm³/mol. The average Bonchev–Trinajstić information content (AvgIpc) is 3.18. The molecule has 1 rings (SSSR count). The van der Waals surface area contributed by atoms with Gasteiger partial charge in [0, 0.05) is 7.11 Å². The van der Waals surface area contributed by atoms with E-state index in [1.54, 1.807) is 5.57 Å². The van der Waals surface area contributed by atoms with Crippen molar-refractivity contribution in [3.05, 3.63) is 11.6 Å². The van der Waals surface area contributed by atoms with E-state index < -0.39 is 0 Å². The van der Waals surface area contributed by atoms with Crippen molar-refractivity contribution in [3.8, 4) is 0 Å². The molecule has 0 radical (unpaired) electrons. The van der Waals surface area contributed by atoms with Gasteiger partial charge < -0.3 is 5.11 Å². The lowest BCUT2D eigenvalue weighted by atomic mass is 10.1. The van der Waals surface area contributed by atoms with Crippen molar-refractivity contribution in [3.63, 3.8) is 0 Å². The molecule has 1 heteroatoms. The normalized spacial score (nSPS) is 13.0. The standard InChI is InChI=1S/C15H28.CH4O/c1-2-3-4-5-6-7-8-9-10-11-12-15-13-14-15;1-2/h12H,2-11,13-14H2,1H3;2H,1H3. The maximum atomic E-state index is 7.00. The van der Waals surface area contributed by atoms with Crippen molar-refractivity contribution in [1.29, 1.82) is 0 Å². The van der Waals surface area contributed by atoms with E-state index in [4.69, 9.17) is 5.11 Å². The van der Waals surface area contributed by atoms with E-state index in [1.807, 2.05) is 0 Å². The first kappa shape index (κ1) is 16.7. The molecule has 0 atom stereocenters. The minimum atomic E-state index is 1.00. The largest absolute Gasteiger partial charge is 0.400 e. The molecule has 17 heavy (non-hydrogen) atoms. The van der Waals surface area contributed by atoms with Crippen LogP contribution in [0.2, 0.25) is 0 Å². The number of hydrogen-bond acceptors (Lipinski definition) is 1. The molecule has 0 aromatic carbocycles. The molecule has 1 saturated carbocycles. The molecule has 1 aliphatic rings. The molecule has 1 N–H and O–H groups in total. The summed E-state index contributed by atoms with van der Waals surface area (Å²) in [6, 6.07) is 0. The minimum absolute atomic E-state index is 1.00. The molecule has 1 fully saturated rings. The van der Waals surface area contributed by atoms with Gasteiger partial charge in [-0.3, -0.25) is 0 Å². The van der Waals surface area contributed by atoms with Crippen molar-refractivity contribution in [2.45, 2.75) is 84.0 Å². The number of aliphatic hydroxyl groups is 1. The first-order valence-electron chi connectivity index (χ1n) is 7.56. The van der Waals surface area contributed by atoms with Crippen molar-refractivity contribution in [2.75, 3.05) is 7.11 Å². The molecule has 0 bridgehead atoms. The first-order chi connectivity index (χ1) is 8.43. The average molecular weight is 240 g/mol. The van der Waals surface area contributed by atoms with E-state index in [-0.39, 0.29) is 0 Å². The van der Waals surface area contributed by atoms with Crippen molar-refractivity contribution in [2.24, 2.45) is 0 Å². The molecule has 0 aromatic rings. The highest BCUT2D eigenvalue weighted by molar-refractivity contribution is 5.15. The maximum absolute atomic E-state index is 7.00. The van der Waals surface area contributed by atoms with Gasteiger partial charge in [-0.05, 0) is 25.7 Å². The second kappa shape index (κ2) is 13.8. The van der Waals surface area contributed by atoms with Gasteiger partial charge in [0.25, 0.3) is 0 Å². The van der Waals surface area contributed by atoms with Gasteiger partial charge in [-0.25, -0.2) is 0 Å². The third kappa shape index (κ3) is 13.6. The summed E-state index contributed by atoms with van der Waals surface area (Å²) in [6.45, 7) is 2.29. The van der Waals surface area contributed by atoms with Crippen molar-refractivity contribution in [1.82, 2.24) is 0 Å². The number of aliphatic hydroxyl groups excluding tert-OH is 1. The lowest BCUT2D eigenvalue weighted by Gasteiger charge is -2.00. The Morgan fingerprint density at radius 3 is 1.76 bits per heavy atom. The van der Waals surface area contributed by atoms with Gasteiger partial charge in [0.15, 0.2) is 0 Å². The lowest BCUT2D eigenvalue weighted by molar-refractivity contribution is 0.399. The third-order valence-corrected chi connectivity index (χ3v) is 3.28. The van der Waals surface area contributed by atoms with Crippen LogP contribution < -0.4 is 0 Å². The number of allylic oxidation sites excluding steroid dienone is 2. The van der Waals surface area contributed by atoms with Crippen LogP contribution >= 0.6 is 0 Å². The molecule has 0 spiro atoms. The Morgan fingerprint density at radius 1 is 0.824 bits per heavy atom. The molecular formula is C16H32O. The number of unbranched alkanes of at least 4 members (excludes halogenated alkanes) is 9. The zero-order valence-electron chi connectivity index (χ0n) is 12.0. The highest BCUT2D eigenvalue weighted by Gasteiger charge is 2.08. The van der Waals surface area contributed by atoms with Crippen LogP contribution in [0.4, 0.5) is 0 Å². The van der Waals surface area contributed by atoms with E-state index in [1.165, 1.54) is 77.0 Å². The second-order valence-electron chi connectivity index (χ2n) is 4.98. The summed E-state index contributed by atoms with van der Waals surface area (Å²) in [5.74, 6) is 0. The van der Waals surface area contributed by atoms with Crippen LogP contribution in [0, 0.1) is 0 Å². The van der Waals surface area contributed by atoms with Crippen LogP contribution in [0.3, 0.4) is 0 Å². The van der Waals surface area contributed by atoms with E-state index in [0.29, 0.717) is 0 Å². The quantitative estimate of drug-likeness (QED) is 0.409. The first-order valence-corrected chi connectivity index (χ1v) is 7.56. The monoisotopic (exact) mass is 240 g/mol. The van der Waals surface area contributed by atoms with Crippen LogP contribution in [0.25, 0.3) is 0 Å².